The molecule has 4 N–H and O–H groups in total. The molecule has 0 unspecified atom stereocenters. The van der Waals surface area contributed by atoms with Gasteiger partial charge in [-0.3, -0.25) is 9.59 Å². The van der Waals surface area contributed by atoms with Crippen molar-refractivity contribution in [3.63, 3.8) is 0 Å². The first-order chi connectivity index (χ1) is 19.7. The summed E-state index contributed by atoms with van der Waals surface area (Å²) in [5, 5.41) is 8.85. The quantitative estimate of drug-likeness (QED) is 0.234. The highest BCUT2D eigenvalue weighted by molar-refractivity contribution is 7.90. The minimum absolute atomic E-state index is 0.00879. The number of amides is 2. The highest BCUT2D eigenvalue weighted by Crippen LogP contribution is 2.48. The van der Waals surface area contributed by atoms with Crippen molar-refractivity contribution >= 4 is 51.0 Å². The van der Waals surface area contributed by atoms with Crippen molar-refractivity contribution < 1.29 is 35.9 Å². The largest absolute Gasteiger partial charge is 0.454 e. The van der Waals surface area contributed by atoms with Crippen LogP contribution in [0.4, 0.5) is 30.8 Å². The summed E-state index contributed by atoms with van der Waals surface area (Å²) in [6, 6.07) is 12.0. The molecule has 0 spiro atoms. The molecule has 1 heterocycles. The Labute approximate surface area is 243 Å². The summed E-state index contributed by atoms with van der Waals surface area (Å²) in [4.78, 5) is 35.5. The first-order valence-electron chi connectivity index (χ1n) is 12.4. The van der Waals surface area contributed by atoms with Gasteiger partial charge in [0.05, 0.1) is 11.3 Å². The lowest BCUT2D eigenvalue weighted by atomic mass is 10.1. The van der Waals surface area contributed by atoms with Gasteiger partial charge in [0.25, 0.3) is 5.91 Å². The molecule has 224 valence electrons. The monoisotopic (exact) mass is 627 g/mol. The summed E-state index contributed by atoms with van der Waals surface area (Å²) in [6.07, 6.45) is -3.19. The maximum atomic E-state index is 12.8. The number of anilines is 3. The van der Waals surface area contributed by atoms with Gasteiger partial charge in [-0.1, -0.05) is 23.7 Å². The zero-order valence-corrected chi connectivity index (χ0v) is 23.5. The zero-order chi connectivity index (χ0) is 30.5. The molecule has 4 rings (SSSR count). The van der Waals surface area contributed by atoms with Crippen LogP contribution in [-0.2, 0) is 20.4 Å². The van der Waals surface area contributed by atoms with E-state index in [9.17, 15) is 31.2 Å². The number of hydrogen-bond acceptors (Lipinski definition) is 10. The van der Waals surface area contributed by atoms with Crippen molar-refractivity contribution in [2.45, 2.75) is 31.5 Å². The number of benzene rings is 2. The van der Waals surface area contributed by atoms with E-state index >= 15 is 0 Å². The Morgan fingerprint density at radius 1 is 1.00 bits per heavy atom. The summed E-state index contributed by atoms with van der Waals surface area (Å²) in [5.41, 5.74) is 0.694. The van der Waals surface area contributed by atoms with E-state index in [1.54, 1.807) is 12.1 Å². The van der Waals surface area contributed by atoms with Crippen LogP contribution in [0.25, 0.3) is 0 Å². The number of nitrogens with one attached hydrogen (secondary N) is 4. The van der Waals surface area contributed by atoms with Crippen molar-refractivity contribution in [1.82, 2.24) is 25.0 Å². The molecule has 1 aromatic heterocycles. The third-order valence-electron chi connectivity index (χ3n) is 5.87. The van der Waals surface area contributed by atoms with E-state index in [0.29, 0.717) is 23.6 Å². The van der Waals surface area contributed by atoms with Crippen LogP contribution in [0.3, 0.4) is 0 Å². The molecule has 1 aliphatic rings. The van der Waals surface area contributed by atoms with Crippen LogP contribution in [0.15, 0.2) is 48.5 Å². The van der Waals surface area contributed by atoms with E-state index in [0.717, 1.165) is 5.56 Å². The van der Waals surface area contributed by atoms with Gasteiger partial charge in [0, 0.05) is 29.7 Å². The molecule has 0 aliphatic heterocycles. The van der Waals surface area contributed by atoms with Crippen LogP contribution in [0.1, 0.15) is 35.7 Å². The van der Waals surface area contributed by atoms with Gasteiger partial charge >= 0.3 is 12.2 Å². The number of carbonyl (C=O) groups excluding carboxylic acids is 2. The summed E-state index contributed by atoms with van der Waals surface area (Å²) in [7, 11) is -4.01. The second kappa shape index (κ2) is 12.4. The topological polar surface area (TPSA) is 164 Å². The number of sulfonamides is 1. The minimum atomic E-state index is -4.62. The molecular formula is C25H25ClF3N7O5S. The molecule has 0 bridgehead atoms. The fraction of sp³-hybridized carbons (Fsp3) is 0.320. The second-order valence-corrected chi connectivity index (χ2v) is 11.6. The van der Waals surface area contributed by atoms with Crippen molar-refractivity contribution in [3.05, 3.63) is 64.7 Å². The van der Waals surface area contributed by atoms with E-state index in [1.165, 1.54) is 31.2 Å². The average Bonchev–Trinajstić information content (AvgIpc) is 3.67. The lowest BCUT2D eigenvalue weighted by molar-refractivity contribution is -0.154. The molecule has 1 aliphatic carbocycles. The molecule has 2 aromatic carbocycles. The standard InChI is InChI=1S/C25H25ClF3N7O5S/c1-15(37)30-12-13-42(39,40)36-20(38)16-2-8-19(9-3-16)31-21-32-22(34-23(33-21)41-14-25(27,28)29)35-24(10-11-24)17-4-6-18(26)7-5-17/h2-9H,10-14H2,1H3,(H,30,37)(H,36,38)(H2,31,32,33,34,35). The number of carbonyl (C=O) groups is 2. The maximum Gasteiger partial charge on any atom is 0.422 e. The van der Waals surface area contributed by atoms with Gasteiger partial charge in [-0.25, -0.2) is 13.1 Å². The summed E-state index contributed by atoms with van der Waals surface area (Å²) < 4.78 is 69.2. The molecule has 12 nitrogen and oxygen atoms in total. The highest BCUT2D eigenvalue weighted by Gasteiger charge is 2.45. The number of ether oxygens (including phenoxy) is 1. The van der Waals surface area contributed by atoms with Gasteiger partial charge in [0.1, 0.15) is 0 Å². The number of aromatic nitrogens is 3. The number of rotatable bonds is 12. The Morgan fingerprint density at radius 3 is 2.24 bits per heavy atom. The predicted molar refractivity (Wildman–Crippen MR) is 147 cm³/mol. The van der Waals surface area contributed by atoms with Crippen molar-refractivity contribution in [2.24, 2.45) is 0 Å². The van der Waals surface area contributed by atoms with Gasteiger partial charge in [-0.15, -0.1) is 0 Å². The Balaban J connectivity index is 1.49. The van der Waals surface area contributed by atoms with Crippen molar-refractivity contribution in [2.75, 3.05) is 29.5 Å². The summed E-state index contributed by atoms with van der Waals surface area (Å²) in [5.74, 6) is -1.97. The molecule has 17 heteroatoms. The number of alkyl halides is 3. The molecule has 2 amide bonds. The fourth-order valence-electron chi connectivity index (χ4n) is 3.72. The van der Waals surface area contributed by atoms with Crippen LogP contribution in [0, 0.1) is 0 Å². The van der Waals surface area contributed by atoms with Gasteiger partial charge < -0.3 is 20.7 Å². The Kier molecular flexibility index (Phi) is 9.06. The molecular weight excluding hydrogens is 603 g/mol. The predicted octanol–water partition coefficient (Wildman–Crippen LogP) is 3.51. The van der Waals surface area contributed by atoms with E-state index < -0.39 is 51.9 Å². The van der Waals surface area contributed by atoms with E-state index in [2.05, 4.69) is 30.9 Å². The van der Waals surface area contributed by atoms with Gasteiger partial charge in [0.2, 0.25) is 27.8 Å². The molecule has 0 radical (unpaired) electrons. The maximum absolute atomic E-state index is 12.8. The van der Waals surface area contributed by atoms with Crippen LogP contribution in [-0.4, -0.2) is 60.3 Å². The van der Waals surface area contributed by atoms with Crippen molar-refractivity contribution in [1.29, 1.82) is 0 Å². The molecule has 1 fully saturated rings. The van der Waals surface area contributed by atoms with Gasteiger partial charge in [0.15, 0.2) is 6.61 Å². The first kappa shape index (κ1) is 30.8. The normalized spacial score (nSPS) is 14.0. The molecule has 0 atom stereocenters. The third-order valence-corrected chi connectivity index (χ3v) is 7.36. The molecule has 0 saturated heterocycles. The van der Waals surface area contributed by atoms with Crippen LogP contribution < -0.4 is 25.4 Å². The lowest BCUT2D eigenvalue weighted by Crippen LogP contribution is -2.36. The smallest absolute Gasteiger partial charge is 0.422 e. The number of hydrogen-bond donors (Lipinski definition) is 4. The number of halogens is 4. The summed E-state index contributed by atoms with van der Waals surface area (Å²) in [6.45, 7) is -0.550. The highest BCUT2D eigenvalue weighted by atomic mass is 35.5. The number of nitrogens with zero attached hydrogens (tertiary/aromatic N) is 3. The van der Waals surface area contributed by atoms with Crippen molar-refractivity contribution in [3.8, 4) is 6.01 Å². The zero-order valence-electron chi connectivity index (χ0n) is 22.0. The Morgan fingerprint density at radius 2 is 1.64 bits per heavy atom. The lowest BCUT2D eigenvalue weighted by Gasteiger charge is -2.19. The first-order valence-corrected chi connectivity index (χ1v) is 14.4. The Bertz CT molecular complexity index is 1550. The van der Waals surface area contributed by atoms with Crippen LogP contribution in [0.2, 0.25) is 5.02 Å². The third kappa shape index (κ3) is 8.91. The molecule has 3 aromatic rings. The van der Waals surface area contributed by atoms with Gasteiger partial charge in [-0.05, 0) is 54.8 Å². The SMILES string of the molecule is CC(=O)NCCS(=O)(=O)NC(=O)c1ccc(Nc2nc(NC3(c4ccc(Cl)cc4)CC3)nc(OCC(F)(F)F)n2)cc1. The van der Waals surface area contributed by atoms with Crippen LogP contribution in [0.5, 0.6) is 6.01 Å². The minimum Gasteiger partial charge on any atom is -0.454 e. The molecule has 1 saturated carbocycles. The van der Waals surface area contributed by atoms with Crippen LogP contribution >= 0.6 is 11.6 Å². The molecule has 42 heavy (non-hydrogen) atoms. The van der Waals surface area contributed by atoms with E-state index in [1.807, 2.05) is 16.9 Å². The average molecular weight is 628 g/mol. The van der Waals surface area contributed by atoms with E-state index in [-0.39, 0.29) is 24.0 Å². The van der Waals surface area contributed by atoms with E-state index in [4.69, 9.17) is 16.3 Å². The summed E-state index contributed by atoms with van der Waals surface area (Å²) >= 11 is 5.98. The fourth-order valence-corrected chi connectivity index (χ4v) is 4.72. The van der Waals surface area contributed by atoms with Gasteiger partial charge in [-0.2, -0.15) is 28.1 Å². The Hall–Kier alpha value is -4.18. The second-order valence-electron chi connectivity index (χ2n) is 9.32.